The van der Waals surface area contributed by atoms with Gasteiger partial charge in [-0.25, -0.2) is 17.9 Å². The van der Waals surface area contributed by atoms with Crippen LogP contribution in [0.15, 0.2) is 29.2 Å². The van der Waals surface area contributed by atoms with Crippen molar-refractivity contribution in [2.75, 3.05) is 46.5 Å². The van der Waals surface area contributed by atoms with Gasteiger partial charge in [-0.2, -0.15) is 9.40 Å². The number of morpholine rings is 1. The van der Waals surface area contributed by atoms with Gasteiger partial charge < -0.3 is 14.4 Å². The van der Waals surface area contributed by atoms with Gasteiger partial charge in [-0.15, -0.1) is 0 Å². The minimum atomic E-state index is -3.79. The van der Waals surface area contributed by atoms with Gasteiger partial charge in [0.15, 0.2) is 11.3 Å². The van der Waals surface area contributed by atoms with Crippen LogP contribution < -0.4 is 4.74 Å². The molecule has 36 heavy (non-hydrogen) atoms. The molecule has 192 valence electrons. The van der Waals surface area contributed by atoms with Crippen molar-refractivity contribution < 1.29 is 22.7 Å². The highest BCUT2D eigenvalue weighted by Crippen LogP contribution is 2.36. The average Bonchev–Trinajstić information content (AvgIpc) is 3.28. The lowest BCUT2D eigenvalue weighted by Gasteiger charge is -2.27. The maximum Gasteiger partial charge on any atom is 0.275 e. The lowest BCUT2D eigenvalue weighted by Crippen LogP contribution is -2.41. The van der Waals surface area contributed by atoms with Crippen LogP contribution in [-0.4, -0.2) is 84.6 Å². The normalized spacial score (nSPS) is 17.5. The number of amides is 1. The molecule has 1 amide bonds. The monoisotopic (exact) mass is 513 g/mol. The molecule has 0 saturated carbocycles. The Labute approximate surface area is 210 Å². The first-order valence-electron chi connectivity index (χ1n) is 12.2. The maximum absolute atomic E-state index is 13.6. The van der Waals surface area contributed by atoms with Crippen LogP contribution in [0.1, 0.15) is 41.1 Å². The van der Waals surface area contributed by atoms with E-state index >= 15 is 0 Å². The van der Waals surface area contributed by atoms with E-state index in [0.29, 0.717) is 56.2 Å². The Morgan fingerprint density at radius 2 is 1.75 bits per heavy atom. The highest BCUT2D eigenvalue weighted by Gasteiger charge is 2.32. The van der Waals surface area contributed by atoms with Crippen molar-refractivity contribution in [3.8, 4) is 16.9 Å². The molecule has 10 nitrogen and oxygen atoms in total. The molecule has 0 radical (unpaired) electrons. The summed E-state index contributed by atoms with van der Waals surface area (Å²) < 4.78 is 41.3. The summed E-state index contributed by atoms with van der Waals surface area (Å²) in [5.41, 5.74) is 3.42. The fraction of sp³-hybridized carbons (Fsp3) is 0.480. The number of rotatable bonds is 5. The van der Waals surface area contributed by atoms with Crippen LogP contribution in [0.4, 0.5) is 0 Å². The Bertz CT molecular complexity index is 1410. The number of aryl methyl sites for hydroxylation is 2. The summed E-state index contributed by atoms with van der Waals surface area (Å²) in [4.78, 5) is 20.1. The number of sulfonamides is 1. The number of benzene rings is 1. The second kappa shape index (κ2) is 9.79. The van der Waals surface area contributed by atoms with Gasteiger partial charge in [-0.3, -0.25) is 4.79 Å². The van der Waals surface area contributed by atoms with E-state index in [-0.39, 0.29) is 22.2 Å². The third kappa shape index (κ3) is 4.35. The van der Waals surface area contributed by atoms with Gasteiger partial charge in [-0.05, 0) is 50.5 Å². The highest BCUT2D eigenvalue weighted by atomic mass is 32.2. The summed E-state index contributed by atoms with van der Waals surface area (Å²) in [6.45, 7) is 6.61. The molecular weight excluding hydrogens is 482 g/mol. The lowest BCUT2D eigenvalue weighted by atomic mass is 10.0. The van der Waals surface area contributed by atoms with Crippen molar-refractivity contribution in [2.24, 2.45) is 0 Å². The topological polar surface area (TPSA) is 106 Å². The summed E-state index contributed by atoms with van der Waals surface area (Å²) >= 11 is 0. The molecule has 0 N–H and O–H groups in total. The first kappa shape index (κ1) is 24.7. The molecule has 0 unspecified atom stereocenters. The zero-order valence-electron chi connectivity index (χ0n) is 20.9. The molecule has 0 bridgehead atoms. The van der Waals surface area contributed by atoms with Crippen molar-refractivity contribution in [1.29, 1.82) is 0 Å². The molecule has 0 aliphatic carbocycles. The predicted octanol–water partition coefficient (Wildman–Crippen LogP) is 2.67. The summed E-state index contributed by atoms with van der Waals surface area (Å²) in [6.07, 6.45) is 2.68. The second-order valence-electron chi connectivity index (χ2n) is 9.23. The summed E-state index contributed by atoms with van der Waals surface area (Å²) in [5, 5.41) is 4.66. The van der Waals surface area contributed by atoms with E-state index in [1.807, 2.05) is 19.9 Å². The number of ether oxygens (including phenoxy) is 2. The molecule has 0 atom stereocenters. The molecule has 4 heterocycles. The van der Waals surface area contributed by atoms with Gasteiger partial charge in [-0.1, -0.05) is 12.5 Å². The molecule has 5 rings (SSSR count). The van der Waals surface area contributed by atoms with Gasteiger partial charge >= 0.3 is 0 Å². The smallest absolute Gasteiger partial charge is 0.275 e. The number of carbonyl (C=O) groups excluding carboxylic acids is 1. The SMILES string of the molecule is COc1ccc(-c2c(C(=O)N3CCOCC3)nn3c(C)cc(C)nc23)cc1S(=O)(=O)N1CCCCC1. The van der Waals surface area contributed by atoms with Crippen molar-refractivity contribution in [1.82, 2.24) is 23.8 Å². The number of nitrogens with zero attached hydrogens (tertiary/aromatic N) is 5. The van der Waals surface area contributed by atoms with Crippen LogP contribution in [0.3, 0.4) is 0 Å². The van der Waals surface area contributed by atoms with Crippen molar-refractivity contribution in [3.05, 3.63) is 41.3 Å². The van der Waals surface area contributed by atoms with Gasteiger partial charge in [0, 0.05) is 37.6 Å². The Morgan fingerprint density at radius 1 is 1.03 bits per heavy atom. The number of piperidine rings is 1. The zero-order valence-corrected chi connectivity index (χ0v) is 21.7. The van der Waals surface area contributed by atoms with E-state index in [1.165, 1.54) is 11.4 Å². The summed E-state index contributed by atoms with van der Waals surface area (Å²) in [5.74, 6) is 0.0364. The first-order valence-corrected chi connectivity index (χ1v) is 13.7. The van der Waals surface area contributed by atoms with Crippen LogP contribution in [-0.2, 0) is 14.8 Å². The molecule has 2 saturated heterocycles. The minimum Gasteiger partial charge on any atom is -0.495 e. The van der Waals surface area contributed by atoms with Gasteiger partial charge in [0.05, 0.1) is 25.9 Å². The Morgan fingerprint density at radius 3 is 2.44 bits per heavy atom. The fourth-order valence-corrected chi connectivity index (χ4v) is 6.63. The maximum atomic E-state index is 13.6. The Balaban J connectivity index is 1.70. The van der Waals surface area contributed by atoms with Crippen LogP contribution >= 0.6 is 0 Å². The van der Waals surface area contributed by atoms with E-state index in [4.69, 9.17) is 14.5 Å². The van der Waals surface area contributed by atoms with E-state index in [2.05, 4.69) is 5.10 Å². The first-order chi connectivity index (χ1) is 17.3. The zero-order chi connectivity index (χ0) is 25.4. The lowest BCUT2D eigenvalue weighted by molar-refractivity contribution is 0.0299. The molecule has 0 spiro atoms. The van der Waals surface area contributed by atoms with Gasteiger partial charge in [0.2, 0.25) is 10.0 Å². The average molecular weight is 514 g/mol. The molecule has 11 heteroatoms. The number of carbonyl (C=O) groups is 1. The Hall–Kier alpha value is -3.02. The number of hydrogen-bond acceptors (Lipinski definition) is 7. The van der Waals surface area contributed by atoms with E-state index in [1.54, 1.807) is 27.6 Å². The molecule has 3 aromatic rings. The number of aromatic nitrogens is 3. The van der Waals surface area contributed by atoms with E-state index in [9.17, 15) is 13.2 Å². The quantitative estimate of drug-likeness (QED) is 0.516. The van der Waals surface area contributed by atoms with Gasteiger partial charge in [0.1, 0.15) is 10.6 Å². The van der Waals surface area contributed by atoms with Crippen LogP contribution in [0.5, 0.6) is 5.75 Å². The second-order valence-corrected chi connectivity index (χ2v) is 11.1. The van der Waals surface area contributed by atoms with Crippen LogP contribution in [0.25, 0.3) is 16.8 Å². The highest BCUT2D eigenvalue weighted by molar-refractivity contribution is 7.89. The Kier molecular flexibility index (Phi) is 6.71. The summed E-state index contributed by atoms with van der Waals surface area (Å²) in [7, 11) is -2.33. The third-order valence-electron chi connectivity index (χ3n) is 6.78. The number of hydrogen-bond donors (Lipinski definition) is 0. The standard InChI is InChI=1S/C25H31N5O5S/c1-17-15-18(2)30-24(26-17)22(23(27-30)25(31)28-11-13-35-14-12-28)19-7-8-20(34-3)21(16-19)36(32,33)29-9-5-4-6-10-29/h7-8,15-16H,4-6,9-14H2,1-3H3. The van der Waals surface area contributed by atoms with E-state index < -0.39 is 10.0 Å². The van der Waals surface area contributed by atoms with Crippen molar-refractivity contribution in [2.45, 2.75) is 38.0 Å². The largest absolute Gasteiger partial charge is 0.495 e. The third-order valence-corrected chi connectivity index (χ3v) is 8.70. The molecule has 2 aliphatic rings. The molecular formula is C25H31N5O5S. The van der Waals surface area contributed by atoms with Gasteiger partial charge in [0.25, 0.3) is 5.91 Å². The number of fused-ring (bicyclic) bond motifs is 1. The van der Waals surface area contributed by atoms with Crippen molar-refractivity contribution >= 4 is 21.6 Å². The molecule has 2 fully saturated rings. The van der Waals surface area contributed by atoms with Crippen LogP contribution in [0, 0.1) is 13.8 Å². The predicted molar refractivity (Wildman–Crippen MR) is 134 cm³/mol. The number of methoxy groups -OCH3 is 1. The van der Waals surface area contributed by atoms with Crippen LogP contribution in [0.2, 0.25) is 0 Å². The fourth-order valence-electron chi connectivity index (χ4n) is 4.93. The summed E-state index contributed by atoms with van der Waals surface area (Å²) in [6, 6.07) is 6.89. The molecule has 2 aromatic heterocycles. The van der Waals surface area contributed by atoms with Crippen molar-refractivity contribution in [3.63, 3.8) is 0 Å². The molecule has 1 aromatic carbocycles. The van der Waals surface area contributed by atoms with E-state index in [0.717, 1.165) is 30.7 Å². The minimum absolute atomic E-state index is 0.0814. The molecule has 2 aliphatic heterocycles.